The van der Waals surface area contributed by atoms with Crippen LogP contribution in [0, 0.1) is 5.82 Å². The van der Waals surface area contributed by atoms with Gasteiger partial charge in [-0.1, -0.05) is 23.9 Å². The van der Waals surface area contributed by atoms with Crippen molar-refractivity contribution >= 4 is 17.7 Å². The predicted molar refractivity (Wildman–Crippen MR) is 84.6 cm³/mol. The zero-order valence-corrected chi connectivity index (χ0v) is 13.2. The van der Waals surface area contributed by atoms with Crippen LogP contribution in [0.1, 0.15) is 27.7 Å². The molecule has 7 nitrogen and oxygen atoms in total. The summed E-state index contributed by atoms with van der Waals surface area (Å²) in [6, 6.07) is 9.05. The Morgan fingerprint density at radius 3 is 2.67 bits per heavy atom. The maximum absolute atomic E-state index is 12.9. The molecule has 0 unspecified atom stereocenters. The molecule has 0 radical (unpaired) electrons. The molecule has 124 valence electrons. The molecule has 3 aromatic rings. The van der Waals surface area contributed by atoms with Crippen LogP contribution in [0.3, 0.4) is 0 Å². The van der Waals surface area contributed by atoms with E-state index in [9.17, 15) is 9.18 Å². The van der Waals surface area contributed by atoms with E-state index >= 15 is 0 Å². The molecule has 0 atom stereocenters. The van der Waals surface area contributed by atoms with Gasteiger partial charge in [-0.05, 0) is 29.8 Å². The van der Waals surface area contributed by atoms with Crippen LogP contribution in [0.25, 0.3) is 0 Å². The average Bonchev–Trinajstić information content (AvgIpc) is 3.16. The van der Waals surface area contributed by atoms with E-state index < -0.39 is 5.97 Å². The standard InChI is InChI=1S/C15H13FN4O3S/c16-10-3-1-9(2-4-10)7-13-18-19-15(20(13)17)24-8-11-5-6-12(23-11)14(21)22/h1-6H,7-8,17H2,(H,21,22). The number of halogens is 1. The highest BCUT2D eigenvalue weighted by Gasteiger charge is 2.13. The van der Waals surface area contributed by atoms with E-state index in [0.29, 0.717) is 28.9 Å². The van der Waals surface area contributed by atoms with Gasteiger partial charge in [-0.3, -0.25) is 0 Å². The fourth-order valence-corrected chi connectivity index (χ4v) is 2.79. The van der Waals surface area contributed by atoms with E-state index in [1.165, 1.54) is 34.6 Å². The minimum atomic E-state index is -1.12. The fourth-order valence-electron chi connectivity index (χ4n) is 2.02. The molecular weight excluding hydrogens is 335 g/mol. The molecule has 0 aliphatic rings. The first-order valence-electron chi connectivity index (χ1n) is 6.91. The van der Waals surface area contributed by atoms with Gasteiger partial charge in [-0.15, -0.1) is 10.2 Å². The molecule has 0 aliphatic carbocycles. The first kappa shape index (κ1) is 16.1. The Labute approximate surface area is 140 Å². The number of nitrogens with zero attached hydrogens (tertiary/aromatic N) is 3. The van der Waals surface area contributed by atoms with Crippen LogP contribution in [0.2, 0.25) is 0 Å². The largest absolute Gasteiger partial charge is 0.475 e. The molecule has 0 aliphatic heterocycles. The molecule has 3 N–H and O–H groups in total. The zero-order valence-electron chi connectivity index (χ0n) is 12.3. The van der Waals surface area contributed by atoms with E-state index in [0.717, 1.165) is 5.56 Å². The summed E-state index contributed by atoms with van der Waals surface area (Å²) in [5, 5.41) is 17.3. The molecule has 2 aromatic heterocycles. The third kappa shape index (κ3) is 3.57. The summed E-state index contributed by atoms with van der Waals surface area (Å²) < 4.78 is 19.4. The number of nitrogens with two attached hydrogens (primary N) is 1. The lowest BCUT2D eigenvalue weighted by molar-refractivity contribution is 0.0661. The van der Waals surface area contributed by atoms with Crippen molar-refractivity contribution < 1.29 is 18.7 Å². The summed E-state index contributed by atoms with van der Waals surface area (Å²) in [5.41, 5.74) is 0.865. The van der Waals surface area contributed by atoms with E-state index in [1.807, 2.05) is 0 Å². The van der Waals surface area contributed by atoms with Crippen molar-refractivity contribution in [3.8, 4) is 0 Å². The third-order valence-electron chi connectivity index (χ3n) is 3.23. The van der Waals surface area contributed by atoms with Gasteiger partial charge in [-0.25, -0.2) is 13.9 Å². The summed E-state index contributed by atoms with van der Waals surface area (Å²) in [6.45, 7) is 0. The monoisotopic (exact) mass is 348 g/mol. The number of benzene rings is 1. The first-order valence-corrected chi connectivity index (χ1v) is 7.90. The van der Waals surface area contributed by atoms with Crippen molar-refractivity contribution in [1.29, 1.82) is 0 Å². The summed E-state index contributed by atoms with van der Waals surface area (Å²) >= 11 is 1.28. The number of carboxylic acids is 1. The SMILES string of the molecule is Nn1c(Cc2ccc(F)cc2)nnc1SCc1ccc(C(=O)O)o1. The van der Waals surface area contributed by atoms with E-state index in [4.69, 9.17) is 15.4 Å². The Morgan fingerprint density at radius 1 is 1.25 bits per heavy atom. The Kier molecular flexibility index (Phi) is 4.52. The Bertz CT molecular complexity index is 860. The molecule has 0 spiro atoms. The molecule has 2 heterocycles. The molecule has 0 fully saturated rings. The summed E-state index contributed by atoms with van der Waals surface area (Å²) in [5.74, 6) is 5.85. The second-order valence-corrected chi connectivity index (χ2v) is 5.87. The highest BCUT2D eigenvalue weighted by Crippen LogP contribution is 2.22. The lowest BCUT2D eigenvalue weighted by atomic mass is 10.1. The van der Waals surface area contributed by atoms with Crippen molar-refractivity contribution in [3.05, 3.63) is 65.1 Å². The lowest BCUT2D eigenvalue weighted by Gasteiger charge is -2.03. The number of furan rings is 1. The van der Waals surface area contributed by atoms with Gasteiger partial charge >= 0.3 is 5.97 Å². The van der Waals surface area contributed by atoms with E-state index in [1.54, 1.807) is 18.2 Å². The zero-order chi connectivity index (χ0) is 17.1. The normalized spacial score (nSPS) is 10.9. The Morgan fingerprint density at radius 2 is 2.00 bits per heavy atom. The number of aromatic carboxylic acids is 1. The maximum Gasteiger partial charge on any atom is 0.371 e. The molecular formula is C15H13FN4O3S. The molecule has 9 heteroatoms. The summed E-state index contributed by atoms with van der Waals surface area (Å²) in [6.07, 6.45) is 0.425. The number of carbonyl (C=O) groups is 1. The first-order chi connectivity index (χ1) is 11.5. The second-order valence-electron chi connectivity index (χ2n) is 4.93. The number of rotatable bonds is 6. The number of thioether (sulfide) groups is 1. The van der Waals surface area contributed by atoms with Gasteiger partial charge in [0.15, 0.2) is 5.82 Å². The van der Waals surface area contributed by atoms with Crippen molar-refractivity contribution in [2.75, 3.05) is 5.84 Å². The lowest BCUT2D eigenvalue weighted by Crippen LogP contribution is -2.14. The van der Waals surface area contributed by atoms with Gasteiger partial charge in [0.2, 0.25) is 10.9 Å². The van der Waals surface area contributed by atoms with Crippen LogP contribution in [0.5, 0.6) is 0 Å². The molecule has 3 rings (SSSR count). The number of aromatic nitrogens is 3. The van der Waals surface area contributed by atoms with Crippen LogP contribution in [0.4, 0.5) is 4.39 Å². The fraction of sp³-hybridized carbons (Fsp3) is 0.133. The van der Waals surface area contributed by atoms with Crippen LogP contribution >= 0.6 is 11.8 Å². The van der Waals surface area contributed by atoms with Crippen LogP contribution in [-0.4, -0.2) is 25.9 Å². The minimum absolute atomic E-state index is 0.114. The average molecular weight is 348 g/mol. The quantitative estimate of drug-likeness (QED) is 0.520. The molecule has 24 heavy (non-hydrogen) atoms. The van der Waals surface area contributed by atoms with Gasteiger partial charge in [0.25, 0.3) is 0 Å². The summed E-state index contributed by atoms with van der Waals surface area (Å²) in [7, 11) is 0. The van der Waals surface area contributed by atoms with Crippen molar-refractivity contribution in [2.45, 2.75) is 17.3 Å². The smallest absolute Gasteiger partial charge is 0.371 e. The second kappa shape index (κ2) is 6.75. The van der Waals surface area contributed by atoms with Crippen LogP contribution < -0.4 is 5.84 Å². The molecule has 0 saturated heterocycles. The van der Waals surface area contributed by atoms with Crippen molar-refractivity contribution in [2.24, 2.45) is 0 Å². The molecule has 0 bridgehead atoms. The minimum Gasteiger partial charge on any atom is -0.475 e. The topological polar surface area (TPSA) is 107 Å². The number of hydrogen-bond acceptors (Lipinski definition) is 6. The predicted octanol–water partition coefficient (Wildman–Crippen LogP) is 2.31. The third-order valence-corrected chi connectivity index (χ3v) is 4.19. The molecule has 0 amide bonds. The van der Waals surface area contributed by atoms with Gasteiger partial charge in [0.1, 0.15) is 11.6 Å². The highest BCUT2D eigenvalue weighted by molar-refractivity contribution is 7.98. The number of nitrogen functional groups attached to an aromatic ring is 1. The van der Waals surface area contributed by atoms with Gasteiger partial charge < -0.3 is 15.4 Å². The van der Waals surface area contributed by atoms with Crippen molar-refractivity contribution in [3.63, 3.8) is 0 Å². The summed E-state index contributed by atoms with van der Waals surface area (Å²) in [4.78, 5) is 10.8. The van der Waals surface area contributed by atoms with E-state index in [2.05, 4.69) is 10.2 Å². The maximum atomic E-state index is 12.9. The van der Waals surface area contributed by atoms with Gasteiger partial charge in [-0.2, -0.15) is 0 Å². The number of hydrogen-bond donors (Lipinski definition) is 2. The molecule has 1 aromatic carbocycles. The van der Waals surface area contributed by atoms with Crippen LogP contribution in [0.15, 0.2) is 46.0 Å². The van der Waals surface area contributed by atoms with Crippen molar-refractivity contribution in [1.82, 2.24) is 14.9 Å². The van der Waals surface area contributed by atoms with E-state index in [-0.39, 0.29) is 11.6 Å². The van der Waals surface area contributed by atoms with Gasteiger partial charge in [0, 0.05) is 6.42 Å². The molecule has 0 saturated carbocycles. The number of carboxylic acid groups (broad SMARTS) is 1. The van der Waals surface area contributed by atoms with Gasteiger partial charge in [0.05, 0.1) is 5.75 Å². The highest BCUT2D eigenvalue weighted by atomic mass is 32.2. The Balaban J connectivity index is 1.65. The Hall–Kier alpha value is -2.81. The van der Waals surface area contributed by atoms with Crippen LogP contribution in [-0.2, 0) is 12.2 Å².